The standard InChI is InChI=1S/C13H11ClN4OS/c1-9-5-12(19-17-9)7-20-13-16-15-8-18(13)11-4-2-3-10(14)6-11/h2-6,8H,7H2,1H3. The molecule has 102 valence electrons. The molecule has 1 aromatic carbocycles. The molecule has 2 aromatic heterocycles. The molecule has 3 rings (SSSR count). The van der Waals surface area contributed by atoms with E-state index in [1.54, 1.807) is 6.33 Å². The number of benzene rings is 1. The molecular formula is C13H11ClN4OS. The summed E-state index contributed by atoms with van der Waals surface area (Å²) in [5.74, 6) is 1.47. The maximum Gasteiger partial charge on any atom is 0.196 e. The van der Waals surface area contributed by atoms with E-state index in [4.69, 9.17) is 16.1 Å². The summed E-state index contributed by atoms with van der Waals surface area (Å²) in [4.78, 5) is 0. The molecule has 2 heterocycles. The highest BCUT2D eigenvalue weighted by Crippen LogP contribution is 2.24. The largest absolute Gasteiger partial charge is 0.360 e. The molecule has 0 radical (unpaired) electrons. The van der Waals surface area contributed by atoms with E-state index in [9.17, 15) is 0 Å². The number of halogens is 1. The number of thioether (sulfide) groups is 1. The molecule has 0 saturated carbocycles. The van der Waals surface area contributed by atoms with Gasteiger partial charge in [0.15, 0.2) is 5.16 Å². The van der Waals surface area contributed by atoms with Crippen molar-refractivity contribution in [2.24, 2.45) is 0 Å². The molecule has 20 heavy (non-hydrogen) atoms. The predicted octanol–water partition coefficient (Wildman–Crippen LogP) is 3.51. The zero-order valence-electron chi connectivity index (χ0n) is 10.7. The molecule has 0 aliphatic carbocycles. The first kappa shape index (κ1) is 13.2. The maximum absolute atomic E-state index is 6.01. The van der Waals surface area contributed by atoms with E-state index < -0.39 is 0 Å². The second kappa shape index (κ2) is 5.68. The van der Waals surface area contributed by atoms with Crippen LogP contribution in [0.5, 0.6) is 0 Å². The fourth-order valence-corrected chi connectivity index (χ4v) is 2.73. The first-order chi connectivity index (χ1) is 9.72. The number of hydrogen-bond donors (Lipinski definition) is 0. The number of rotatable bonds is 4. The van der Waals surface area contributed by atoms with Gasteiger partial charge in [0, 0.05) is 11.1 Å². The van der Waals surface area contributed by atoms with Gasteiger partial charge in [-0.05, 0) is 25.1 Å². The van der Waals surface area contributed by atoms with E-state index in [1.165, 1.54) is 11.8 Å². The van der Waals surface area contributed by atoms with Crippen LogP contribution in [0.1, 0.15) is 11.5 Å². The molecule has 0 N–H and O–H groups in total. The van der Waals surface area contributed by atoms with Gasteiger partial charge in [-0.2, -0.15) is 0 Å². The molecular weight excluding hydrogens is 296 g/mol. The number of hydrogen-bond acceptors (Lipinski definition) is 5. The fraction of sp³-hybridized carbons (Fsp3) is 0.154. The van der Waals surface area contributed by atoms with Crippen molar-refractivity contribution < 1.29 is 4.52 Å². The number of aromatic nitrogens is 4. The van der Waals surface area contributed by atoms with Gasteiger partial charge in [-0.3, -0.25) is 4.57 Å². The molecule has 3 aromatic rings. The molecule has 0 saturated heterocycles. The molecule has 0 bridgehead atoms. The Kier molecular flexibility index (Phi) is 3.75. The highest BCUT2D eigenvalue weighted by Gasteiger charge is 2.09. The van der Waals surface area contributed by atoms with Gasteiger partial charge in [0.25, 0.3) is 0 Å². The van der Waals surface area contributed by atoms with Crippen molar-refractivity contribution in [2.45, 2.75) is 17.8 Å². The van der Waals surface area contributed by atoms with Gasteiger partial charge >= 0.3 is 0 Å². The van der Waals surface area contributed by atoms with Crippen LogP contribution in [-0.2, 0) is 5.75 Å². The lowest BCUT2D eigenvalue weighted by molar-refractivity contribution is 0.391. The van der Waals surface area contributed by atoms with Gasteiger partial charge < -0.3 is 4.52 Å². The van der Waals surface area contributed by atoms with Gasteiger partial charge in [0.2, 0.25) is 0 Å². The van der Waals surface area contributed by atoms with Crippen molar-refractivity contribution in [1.29, 1.82) is 0 Å². The Bertz CT molecular complexity index is 724. The van der Waals surface area contributed by atoms with E-state index in [1.807, 2.05) is 41.8 Å². The summed E-state index contributed by atoms with van der Waals surface area (Å²) in [6.07, 6.45) is 1.67. The van der Waals surface area contributed by atoms with Gasteiger partial charge in [0.1, 0.15) is 12.1 Å². The average molecular weight is 307 g/mol. The number of nitrogens with zero attached hydrogens (tertiary/aromatic N) is 4. The minimum atomic E-state index is 0.653. The van der Waals surface area contributed by atoms with E-state index in [-0.39, 0.29) is 0 Å². The Balaban J connectivity index is 1.80. The smallest absolute Gasteiger partial charge is 0.196 e. The zero-order valence-corrected chi connectivity index (χ0v) is 12.2. The van der Waals surface area contributed by atoms with Gasteiger partial charge in [-0.1, -0.05) is 34.6 Å². The minimum absolute atomic E-state index is 0.653. The third-order valence-corrected chi connectivity index (χ3v) is 3.82. The Hall–Kier alpha value is -1.79. The van der Waals surface area contributed by atoms with Crippen LogP contribution in [0.15, 0.2) is 46.3 Å². The third-order valence-electron chi connectivity index (χ3n) is 2.62. The maximum atomic E-state index is 6.01. The molecule has 0 spiro atoms. The molecule has 5 nitrogen and oxygen atoms in total. The van der Waals surface area contributed by atoms with Crippen LogP contribution >= 0.6 is 23.4 Å². The Labute approximate surface area is 124 Å². The summed E-state index contributed by atoms with van der Waals surface area (Å²) >= 11 is 7.54. The molecule has 0 aliphatic rings. The SMILES string of the molecule is Cc1cc(CSc2nncn2-c2cccc(Cl)c2)on1. The topological polar surface area (TPSA) is 56.7 Å². The Morgan fingerprint density at radius 3 is 3.00 bits per heavy atom. The van der Waals surface area contributed by atoms with Crippen molar-refractivity contribution in [3.63, 3.8) is 0 Å². The molecule has 0 amide bonds. The highest BCUT2D eigenvalue weighted by atomic mass is 35.5. The van der Waals surface area contributed by atoms with Crippen LogP contribution in [0.25, 0.3) is 5.69 Å². The first-order valence-electron chi connectivity index (χ1n) is 5.93. The van der Waals surface area contributed by atoms with Crippen LogP contribution in [0.4, 0.5) is 0 Å². The van der Waals surface area contributed by atoms with Gasteiger partial charge in [0.05, 0.1) is 17.1 Å². The van der Waals surface area contributed by atoms with E-state index in [2.05, 4.69) is 15.4 Å². The molecule has 0 atom stereocenters. The summed E-state index contributed by atoms with van der Waals surface area (Å²) in [7, 11) is 0. The van der Waals surface area contributed by atoms with Crippen molar-refractivity contribution in [3.05, 3.63) is 53.1 Å². The van der Waals surface area contributed by atoms with E-state index >= 15 is 0 Å². The lowest BCUT2D eigenvalue weighted by atomic mass is 10.3. The predicted molar refractivity (Wildman–Crippen MR) is 77.2 cm³/mol. The van der Waals surface area contributed by atoms with Crippen molar-refractivity contribution in [1.82, 2.24) is 19.9 Å². The fourth-order valence-electron chi connectivity index (χ4n) is 1.75. The minimum Gasteiger partial charge on any atom is -0.360 e. The summed E-state index contributed by atoms with van der Waals surface area (Å²) in [6, 6.07) is 9.46. The average Bonchev–Trinajstić information content (AvgIpc) is 3.05. The summed E-state index contributed by atoms with van der Waals surface area (Å²) in [5.41, 5.74) is 1.80. The van der Waals surface area contributed by atoms with Gasteiger partial charge in [-0.25, -0.2) is 0 Å². The van der Waals surface area contributed by atoms with Crippen LogP contribution in [0.3, 0.4) is 0 Å². The van der Waals surface area contributed by atoms with Crippen molar-refractivity contribution >= 4 is 23.4 Å². The first-order valence-corrected chi connectivity index (χ1v) is 7.30. The second-order valence-corrected chi connectivity index (χ2v) is 5.57. The van der Waals surface area contributed by atoms with Crippen LogP contribution in [-0.4, -0.2) is 19.9 Å². The van der Waals surface area contributed by atoms with Crippen LogP contribution in [0.2, 0.25) is 5.02 Å². The van der Waals surface area contributed by atoms with Gasteiger partial charge in [-0.15, -0.1) is 10.2 Å². The zero-order chi connectivity index (χ0) is 13.9. The van der Waals surface area contributed by atoms with Crippen molar-refractivity contribution in [3.8, 4) is 5.69 Å². The van der Waals surface area contributed by atoms with E-state index in [0.29, 0.717) is 10.8 Å². The third kappa shape index (κ3) is 2.86. The quantitative estimate of drug-likeness (QED) is 0.690. The summed E-state index contributed by atoms with van der Waals surface area (Å²) in [5, 5.41) is 13.4. The summed E-state index contributed by atoms with van der Waals surface area (Å²) in [6.45, 7) is 1.89. The molecule has 7 heteroatoms. The Morgan fingerprint density at radius 2 is 2.25 bits per heavy atom. The lowest BCUT2D eigenvalue weighted by Crippen LogP contribution is -1.95. The second-order valence-electron chi connectivity index (χ2n) is 4.19. The lowest BCUT2D eigenvalue weighted by Gasteiger charge is -2.05. The molecule has 0 aliphatic heterocycles. The van der Waals surface area contributed by atoms with Crippen LogP contribution < -0.4 is 0 Å². The highest BCUT2D eigenvalue weighted by molar-refractivity contribution is 7.98. The monoisotopic (exact) mass is 306 g/mol. The number of aryl methyl sites for hydroxylation is 1. The normalized spacial score (nSPS) is 10.9. The van der Waals surface area contributed by atoms with Crippen molar-refractivity contribution in [2.75, 3.05) is 0 Å². The summed E-state index contributed by atoms with van der Waals surface area (Å²) < 4.78 is 7.07. The molecule has 0 fully saturated rings. The molecule has 0 unspecified atom stereocenters. The van der Waals surface area contributed by atoms with Crippen LogP contribution in [0, 0.1) is 6.92 Å². The Morgan fingerprint density at radius 1 is 1.35 bits per heavy atom. The van der Waals surface area contributed by atoms with E-state index in [0.717, 1.165) is 22.3 Å².